The number of halogens is 1. The highest BCUT2D eigenvalue weighted by atomic mass is 32.1. The lowest BCUT2D eigenvalue weighted by Crippen LogP contribution is -2.51. The number of likely N-dealkylation sites (tertiary alicyclic amines) is 1. The number of fused-ring (bicyclic) bond motifs is 1. The van der Waals surface area contributed by atoms with Crippen molar-refractivity contribution in [1.29, 1.82) is 0 Å². The monoisotopic (exact) mass is 356 g/mol. The fraction of sp³-hybridized carbons (Fsp3) is 0.350. The van der Waals surface area contributed by atoms with Crippen molar-refractivity contribution in [2.45, 2.75) is 25.4 Å². The van der Waals surface area contributed by atoms with Gasteiger partial charge in [0.2, 0.25) is 0 Å². The topological polar surface area (TPSA) is 36.4 Å². The quantitative estimate of drug-likeness (QED) is 0.735. The van der Waals surface area contributed by atoms with E-state index >= 15 is 0 Å². The summed E-state index contributed by atoms with van der Waals surface area (Å²) in [7, 11) is 0. The molecule has 3 nitrogen and oxygen atoms in total. The van der Waals surface area contributed by atoms with Crippen LogP contribution in [0.25, 0.3) is 10.1 Å². The Kier molecular flexibility index (Phi) is 4.79. The molecule has 1 aliphatic heterocycles. The first-order valence-electron chi connectivity index (χ1n) is 8.70. The molecule has 25 heavy (non-hydrogen) atoms. The van der Waals surface area contributed by atoms with Gasteiger partial charge in [0.25, 0.3) is 0 Å². The third-order valence-electron chi connectivity index (χ3n) is 4.82. The minimum Gasteiger partial charge on any atom is -0.390 e. The second-order valence-electron chi connectivity index (χ2n) is 6.60. The zero-order chi connectivity index (χ0) is 17.2. The van der Waals surface area contributed by atoms with Gasteiger partial charge in [-0.05, 0) is 48.4 Å². The van der Waals surface area contributed by atoms with Crippen LogP contribution in [0.4, 0.5) is 4.39 Å². The van der Waals surface area contributed by atoms with E-state index in [1.54, 1.807) is 12.3 Å². The molecule has 0 saturated carbocycles. The molecule has 3 heterocycles. The number of aromatic nitrogens is 1. The van der Waals surface area contributed by atoms with Gasteiger partial charge in [-0.25, -0.2) is 4.39 Å². The molecular formula is C20H21FN2OS. The van der Waals surface area contributed by atoms with E-state index in [0.717, 1.165) is 32.5 Å². The highest BCUT2D eigenvalue weighted by molar-refractivity contribution is 7.19. The minimum absolute atomic E-state index is 0.158. The van der Waals surface area contributed by atoms with E-state index in [2.05, 4.69) is 34.1 Å². The van der Waals surface area contributed by atoms with Crippen LogP contribution in [0.2, 0.25) is 0 Å². The Hall–Kier alpha value is -1.82. The lowest BCUT2D eigenvalue weighted by molar-refractivity contribution is 0.00320. The average molecular weight is 356 g/mol. The number of aryl methyl sites for hydroxylation is 2. The van der Waals surface area contributed by atoms with Gasteiger partial charge in [-0.15, -0.1) is 11.3 Å². The zero-order valence-electron chi connectivity index (χ0n) is 14.0. The number of thiophene rings is 1. The summed E-state index contributed by atoms with van der Waals surface area (Å²) in [4.78, 5) is 7.83. The molecule has 1 fully saturated rings. The normalized spacial score (nSPS) is 15.6. The lowest BCUT2D eigenvalue weighted by Gasteiger charge is -2.35. The van der Waals surface area contributed by atoms with Crippen molar-refractivity contribution in [3.63, 3.8) is 0 Å². The van der Waals surface area contributed by atoms with Crippen LogP contribution in [0.5, 0.6) is 0 Å². The van der Waals surface area contributed by atoms with Crippen LogP contribution in [0.15, 0.2) is 42.6 Å². The Bertz CT molecular complexity index is 873. The van der Waals surface area contributed by atoms with Gasteiger partial charge >= 0.3 is 0 Å². The number of pyridine rings is 1. The fourth-order valence-electron chi connectivity index (χ4n) is 3.46. The maximum atomic E-state index is 13.9. The lowest BCUT2D eigenvalue weighted by atomic mass is 10.0. The van der Waals surface area contributed by atoms with Crippen LogP contribution in [-0.2, 0) is 19.3 Å². The van der Waals surface area contributed by atoms with E-state index in [-0.39, 0.29) is 11.9 Å². The molecule has 130 valence electrons. The van der Waals surface area contributed by atoms with Gasteiger partial charge < -0.3 is 5.11 Å². The van der Waals surface area contributed by atoms with Gasteiger partial charge in [-0.1, -0.05) is 18.2 Å². The smallest absolute Gasteiger partial charge is 0.144 e. The van der Waals surface area contributed by atoms with Crippen LogP contribution in [0, 0.1) is 5.82 Å². The number of benzene rings is 1. The average Bonchev–Trinajstić information content (AvgIpc) is 2.95. The van der Waals surface area contributed by atoms with Crippen molar-refractivity contribution in [2.75, 3.05) is 19.6 Å². The fourth-order valence-corrected chi connectivity index (χ4v) is 4.70. The molecule has 0 unspecified atom stereocenters. The Morgan fingerprint density at radius 3 is 2.76 bits per heavy atom. The molecular weight excluding hydrogens is 335 g/mol. The van der Waals surface area contributed by atoms with Gasteiger partial charge in [-0.3, -0.25) is 9.88 Å². The van der Waals surface area contributed by atoms with Gasteiger partial charge in [0.05, 0.1) is 11.8 Å². The molecule has 1 N–H and O–H groups in total. The maximum Gasteiger partial charge on any atom is 0.144 e. The molecule has 5 heteroatoms. The van der Waals surface area contributed by atoms with Crippen molar-refractivity contribution < 1.29 is 9.50 Å². The Balaban J connectivity index is 1.55. The first kappa shape index (κ1) is 16.6. The Labute approximate surface area is 150 Å². The summed E-state index contributed by atoms with van der Waals surface area (Å²) in [5, 5.41) is 10.7. The summed E-state index contributed by atoms with van der Waals surface area (Å²) in [6.07, 6.45) is 3.89. The second kappa shape index (κ2) is 7.20. The Morgan fingerprint density at radius 1 is 1.12 bits per heavy atom. The Morgan fingerprint density at radius 2 is 1.96 bits per heavy atom. The molecule has 0 atom stereocenters. The van der Waals surface area contributed by atoms with Gasteiger partial charge in [0.1, 0.15) is 5.82 Å². The SMILES string of the molecule is OC1CN(CCc2sc3ccccc3c2CCc2ncccc2F)C1. The van der Waals surface area contributed by atoms with E-state index in [1.807, 2.05) is 11.3 Å². The van der Waals surface area contributed by atoms with E-state index in [0.29, 0.717) is 12.1 Å². The van der Waals surface area contributed by atoms with Crippen LogP contribution in [0.3, 0.4) is 0 Å². The van der Waals surface area contributed by atoms with E-state index in [4.69, 9.17) is 0 Å². The van der Waals surface area contributed by atoms with Crippen molar-refractivity contribution in [1.82, 2.24) is 9.88 Å². The van der Waals surface area contributed by atoms with E-state index < -0.39 is 0 Å². The largest absolute Gasteiger partial charge is 0.390 e. The van der Waals surface area contributed by atoms with E-state index in [9.17, 15) is 9.50 Å². The highest BCUT2D eigenvalue weighted by Crippen LogP contribution is 2.33. The van der Waals surface area contributed by atoms with Crippen LogP contribution in [-0.4, -0.2) is 40.7 Å². The molecule has 0 amide bonds. The first-order valence-corrected chi connectivity index (χ1v) is 9.51. The molecule has 0 bridgehead atoms. The summed E-state index contributed by atoms with van der Waals surface area (Å²) in [6.45, 7) is 2.52. The number of nitrogens with zero attached hydrogens (tertiary/aromatic N) is 2. The van der Waals surface area contributed by atoms with Crippen molar-refractivity contribution >= 4 is 21.4 Å². The molecule has 1 saturated heterocycles. The predicted octanol–water partition coefficient (Wildman–Crippen LogP) is 3.44. The van der Waals surface area contributed by atoms with Crippen molar-refractivity contribution in [3.8, 4) is 0 Å². The standard InChI is InChI=1S/C20H21FN2OS/c21-17-5-3-10-22-18(17)8-7-16-15-4-1-2-6-19(15)25-20(16)9-11-23-12-14(24)13-23/h1-6,10,14,24H,7-9,11-13H2. The molecule has 0 aliphatic carbocycles. The summed E-state index contributed by atoms with van der Waals surface area (Å²) in [6, 6.07) is 11.6. The van der Waals surface area contributed by atoms with Crippen LogP contribution < -0.4 is 0 Å². The maximum absolute atomic E-state index is 13.9. The molecule has 4 rings (SSSR count). The minimum atomic E-state index is -0.224. The number of aliphatic hydroxyl groups excluding tert-OH is 1. The molecule has 2 aromatic heterocycles. The predicted molar refractivity (Wildman–Crippen MR) is 99.6 cm³/mol. The van der Waals surface area contributed by atoms with Crippen LogP contribution in [0.1, 0.15) is 16.1 Å². The zero-order valence-corrected chi connectivity index (χ0v) is 14.8. The van der Waals surface area contributed by atoms with Gasteiger partial charge in [0.15, 0.2) is 0 Å². The van der Waals surface area contributed by atoms with Crippen molar-refractivity contribution in [2.24, 2.45) is 0 Å². The molecule has 0 radical (unpaired) electrons. The summed E-state index contributed by atoms with van der Waals surface area (Å²) in [5.41, 5.74) is 1.86. The molecule has 1 aromatic carbocycles. The van der Waals surface area contributed by atoms with Gasteiger partial charge in [0, 0.05) is 35.4 Å². The summed E-state index contributed by atoms with van der Waals surface area (Å²) in [5.74, 6) is -0.224. The number of aliphatic hydroxyl groups is 1. The molecule has 3 aromatic rings. The third-order valence-corrected chi connectivity index (χ3v) is 6.09. The van der Waals surface area contributed by atoms with Gasteiger partial charge in [-0.2, -0.15) is 0 Å². The van der Waals surface area contributed by atoms with Crippen molar-refractivity contribution in [3.05, 3.63) is 64.5 Å². The number of rotatable bonds is 6. The second-order valence-corrected chi connectivity index (χ2v) is 7.73. The summed E-state index contributed by atoms with van der Waals surface area (Å²) >= 11 is 1.84. The van der Waals surface area contributed by atoms with Crippen LogP contribution >= 0.6 is 11.3 Å². The first-order chi connectivity index (χ1) is 12.2. The number of hydrogen-bond acceptors (Lipinski definition) is 4. The number of hydrogen-bond donors (Lipinski definition) is 1. The third kappa shape index (κ3) is 3.59. The number of β-amino-alcohol motifs (C(OH)–C–C–N with tert-alkyl or cyclic N) is 1. The highest BCUT2D eigenvalue weighted by Gasteiger charge is 2.24. The molecule has 0 spiro atoms. The molecule has 1 aliphatic rings. The summed E-state index contributed by atoms with van der Waals surface area (Å²) < 4.78 is 15.2. The van der Waals surface area contributed by atoms with E-state index in [1.165, 1.54) is 26.6 Å².